The number of benzene rings is 1. The first-order valence-electron chi connectivity index (χ1n) is 5.87. The number of hydrogen-bond acceptors (Lipinski definition) is 5. The molecule has 0 bridgehead atoms. The Bertz CT molecular complexity index is 754. The van der Waals surface area contributed by atoms with Crippen LogP contribution < -0.4 is 4.72 Å². The number of rotatable bonds is 6. The Balaban J connectivity index is 2.21. The van der Waals surface area contributed by atoms with E-state index in [1.807, 2.05) is 0 Å². The zero-order valence-electron chi connectivity index (χ0n) is 10.8. The first kappa shape index (κ1) is 15.0. The number of hydrogen-bond donors (Lipinski definition) is 3. The molecule has 0 fully saturated rings. The first-order valence-corrected chi connectivity index (χ1v) is 7.36. The molecular formula is C12H13N3O5S. The Morgan fingerprint density at radius 3 is 2.81 bits per heavy atom. The lowest BCUT2D eigenvalue weighted by Gasteiger charge is -2.07. The van der Waals surface area contributed by atoms with Crippen molar-refractivity contribution < 1.29 is 23.4 Å². The highest BCUT2D eigenvalue weighted by molar-refractivity contribution is 7.92. The topological polar surface area (TPSA) is 122 Å². The van der Waals surface area contributed by atoms with Crippen molar-refractivity contribution in [2.75, 3.05) is 4.72 Å². The lowest BCUT2D eigenvalue weighted by molar-refractivity contribution is -0.137. The summed E-state index contributed by atoms with van der Waals surface area (Å²) in [4.78, 5) is 10.4. The van der Waals surface area contributed by atoms with Crippen LogP contribution in [0, 0.1) is 0 Å². The van der Waals surface area contributed by atoms with E-state index in [1.54, 1.807) is 18.2 Å². The summed E-state index contributed by atoms with van der Waals surface area (Å²) in [5, 5.41) is 21.3. The molecule has 0 atom stereocenters. The van der Waals surface area contributed by atoms with Gasteiger partial charge in [-0.05, 0) is 17.7 Å². The van der Waals surface area contributed by atoms with Gasteiger partial charge in [-0.25, -0.2) is 8.42 Å². The van der Waals surface area contributed by atoms with E-state index < -0.39 is 22.5 Å². The van der Waals surface area contributed by atoms with Gasteiger partial charge in [-0.15, -0.1) is 0 Å². The molecule has 0 unspecified atom stereocenters. The number of aliphatic hydroxyl groups is 1. The van der Waals surface area contributed by atoms with Crippen molar-refractivity contribution in [1.29, 1.82) is 0 Å². The Morgan fingerprint density at radius 2 is 2.14 bits per heavy atom. The normalized spacial score (nSPS) is 11.3. The van der Waals surface area contributed by atoms with Gasteiger partial charge in [0.05, 0.1) is 12.8 Å². The molecule has 0 aliphatic heterocycles. The summed E-state index contributed by atoms with van der Waals surface area (Å²) >= 11 is 0. The summed E-state index contributed by atoms with van der Waals surface area (Å²) in [6.07, 6.45) is 2.20. The minimum absolute atomic E-state index is 0.141. The van der Waals surface area contributed by atoms with Crippen molar-refractivity contribution in [3.05, 3.63) is 42.2 Å². The van der Waals surface area contributed by atoms with E-state index in [-0.39, 0.29) is 11.5 Å². The van der Waals surface area contributed by atoms with Gasteiger partial charge in [-0.2, -0.15) is 5.10 Å². The molecule has 0 aliphatic rings. The second-order valence-corrected chi connectivity index (χ2v) is 5.91. The number of nitrogens with zero attached hydrogens (tertiary/aromatic N) is 2. The standard InChI is InChI=1S/C12H13N3O5S/c16-8-9-2-1-3-10(4-9)14-21(19,20)11-5-13-15(6-11)7-12(17)18/h1-6,14,16H,7-8H2,(H,17,18). The summed E-state index contributed by atoms with van der Waals surface area (Å²) in [5.41, 5.74) is 0.865. The Labute approximate surface area is 120 Å². The lowest BCUT2D eigenvalue weighted by Crippen LogP contribution is -2.13. The molecule has 0 amide bonds. The van der Waals surface area contributed by atoms with E-state index in [4.69, 9.17) is 10.2 Å². The Morgan fingerprint density at radius 1 is 1.38 bits per heavy atom. The molecule has 9 heteroatoms. The van der Waals surface area contributed by atoms with Crippen LogP contribution in [-0.4, -0.2) is 34.4 Å². The third-order valence-electron chi connectivity index (χ3n) is 2.58. The number of carboxylic acids is 1. The summed E-state index contributed by atoms with van der Waals surface area (Å²) in [6.45, 7) is -0.623. The van der Waals surface area contributed by atoms with E-state index in [1.165, 1.54) is 6.07 Å². The van der Waals surface area contributed by atoms with E-state index >= 15 is 0 Å². The average Bonchev–Trinajstić information content (AvgIpc) is 2.87. The predicted molar refractivity (Wildman–Crippen MR) is 73.0 cm³/mol. The molecule has 1 aromatic heterocycles. The van der Waals surface area contributed by atoms with Gasteiger partial charge in [0.2, 0.25) is 0 Å². The molecule has 112 valence electrons. The van der Waals surface area contributed by atoms with E-state index in [0.29, 0.717) is 11.3 Å². The number of sulfonamides is 1. The maximum Gasteiger partial charge on any atom is 0.325 e. The van der Waals surface area contributed by atoms with Crippen LogP contribution in [0.15, 0.2) is 41.6 Å². The largest absolute Gasteiger partial charge is 0.480 e. The fraction of sp³-hybridized carbons (Fsp3) is 0.167. The van der Waals surface area contributed by atoms with E-state index in [9.17, 15) is 13.2 Å². The SMILES string of the molecule is O=C(O)Cn1cc(S(=O)(=O)Nc2cccc(CO)c2)cn1. The van der Waals surface area contributed by atoms with Gasteiger partial charge in [0.15, 0.2) is 0 Å². The van der Waals surface area contributed by atoms with Gasteiger partial charge in [0, 0.05) is 11.9 Å². The molecule has 0 saturated heterocycles. The number of aromatic nitrogens is 2. The molecule has 3 N–H and O–H groups in total. The third kappa shape index (κ3) is 3.80. The molecule has 0 saturated carbocycles. The highest BCUT2D eigenvalue weighted by Gasteiger charge is 2.17. The van der Waals surface area contributed by atoms with Crippen molar-refractivity contribution in [2.45, 2.75) is 18.0 Å². The van der Waals surface area contributed by atoms with Crippen LogP contribution in [0.1, 0.15) is 5.56 Å². The van der Waals surface area contributed by atoms with Gasteiger partial charge in [0.25, 0.3) is 10.0 Å². The molecule has 21 heavy (non-hydrogen) atoms. The van der Waals surface area contributed by atoms with Gasteiger partial charge in [-0.1, -0.05) is 12.1 Å². The second kappa shape index (κ2) is 5.94. The maximum atomic E-state index is 12.1. The van der Waals surface area contributed by atoms with Crippen LogP contribution >= 0.6 is 0 Å². The third-order valence-corrected chi connectivity index (χ3v) is 3.91. The first-order chi connectivity index (χ1) is 9.90. The number of anilines is 1. The maximum absolute atomic E-state index is 12.1. The highest BCUT2D eigenvalue weighted by atomic mass is 32.2. The Hall–Kier alpha value is -2.39. The number of carboxylic acid groups (broad SMARTS) is 1. The fourth-order valence-electron chi connectivity index (χ4n) is 1.66. The van der Waals surface area contributed by atoms with Crippen molar-refractivity contribution in [1.82, 2.24) is 9.78 Å². The van der Waals surface area contributed by atoms with Crippen molar-refractivity contribution in [3.63, 3.8) is 0 Å². The molecule has 0 radical (unpaired) electrons. The van der Waals surface area contributed by atoms with Gasteiger partial charge in [0.1, 0.15) is 11.4 Å². The van der Waals surface area contributed by atoms with Gasteiger partial charge >= 0.3 is 5.97 Å². The molecule has 2 rings (SSSR count). The van der Waals surface area contributed by atoms with E-state index in [2.05, 4.69) is 9.82 Å². The summed E-state index contributed by atoms with van der Waals surface area (Å²) < 4.78 is 27.6. The number of aliphatic carboxylic acids is 1. The summed E-state index contributed by atoms with van der Waals surface area (Å²) in [7, 11) is -3.86. The number of nitrogens with one attached hydrogen (secondary N) is 1. The predicted octanol–water partition coefficient (Wildman–Crippen LogP) is 0.261. The second-order valence-electron chi connectivity index (χ2n) is 4.23. The number of carbonyl (C=O) groups is 1. The van der Waals surface area contributed by atoms with Gasteiger partial charge in [-0.3, -0.25) is 14.2 Å². The number of aliphatic hydroxyl groups excluding tert-OH is 1. The molecule has 2 aromatic rings. The molecular weight excluding hydrogens is 298 g/mol. The monoisotopic (exact) mass is 311 g/mol. The summed E-state index contributed by atoms with van der Waals surface area (Å²) in [6, 6.07) is 6.30. The molecule has 1 aromatic carbocycles. The minimum Gasteiger partial charge on any atom is -0.480 e. The van der Waals surface area contributed by atoms with Crippen LogP contribution in [0.3, 0.4) is 0 Å². The van der Waals surface area contributed by atoms with Crippen molar-refractivity contribution >= 4 is 21.7 Å². The average molecular weight is 311 g/mol. The van der Waals surface area contributed by atoms with Gasteiger partial charge < -0.3 is 10.2 Å². The lowest BCUT2D eigenvalue weighted by atomic mass is 10.2. The summed E-state index contributed by atoms with van der Waals surface area (Å²) in [5.74, 6) is -1.12. The van der Waals surface area contributed by atoms with Crippen LogP contribution in [0.5, 0.6) is 0 Å². The van der Waals surface area contributed by atoms with Crippen LogP contribution in [0.4, 0.5) is 5.69 Å². The fourth-order valence-corrected chi connectivity index (χ4v) is 2.66. The van der Waals surface area contributed by atoms with E-state index in [0.717, 1.165) is 17.1 Å². The molecule has 1 heterocycles. The quantitative estimate of drug-likeness (QED) is 0.703. The molecule has 8 nitrogen and oxygen atoms in total. The molecule has 0 spiro atoms. The smallest absolute Gasteiger partial charge is 0.325 e. The zero-order valence-corrected chi connectivity index (χ0v) is 11.6. The van der Waals surface area contributed by atoms with Crippen LogP contribution in [0.25, 0.3) is 0 Å². The van der Waals surface area contributed by atoms with Crippen molar-refractivity contribution in [2.24, 2.45) is 0 Å². The van der Waals surface area contributed by atoms with Crippen molar-refractivity contribution in [3.8, 4) is 0 Å². The van der Waals surface area contributed by atoms with Crippen LogP contribution in [-0.2, 0) is 28.0 Å². The Kier molecular flexibility index (Phi) is 4.24. The zero-order chi connectivity index (χ0) is 15.5. The molecule has 0 aliphatic carbocycles. The minimum atomic E-state index is -3.86. The highest BCUT2D eigenvalue weighted by Crippen LogP contribution is 2.16. The van der Waals surface area contributed by atoms with Crippen LogP contribution in [0.2, 0.25) is 0 Å².